The van der Waals surface area contributed by atoms with E-state index in [1.165, 1.54) is 31.1 Å². The molecular formula is C21H36O2. The lowest BCUT2D eigenvalue weighted by atomic mass is 9.91. The van der Waals surface area contributed by atoms with Gasteiger partial charge in [0.05, 0.1) is 12.5 Å². The molecular weight excluding hydrogens is 284 g/mol. The van der Waals surface area contributed by atoms with Gasteiger partial charge in [0.25, 0.3) is 0 Å². The summed E-state index contributed by atoms with van der Waals surface area (Å²) in [5.41, 5.74) is 2.63. The van der Waals surface area contributed by atoms with Crippen LogP contribution in [0.25, 0.3) is 0 Å². The van der Waals surface area contributed by atoms with Gasteiger partial charge in [0.15, 0.2) is 0 Å². The predicted molar refractivity (Wildman–Crippen MR) is 99.9 cm³/mol. The van der Waals surface area contributed by atoms with Crippen molar-refractivity contribution >= 4 is 5.97 Å². The summed E-state index contributed by atoms with van der Waals surface area (Å²) >= 11 is 0. The summed E-state index contributed by atoms with van der Waals surface area (Å²) < 4.78 is 4.57. The van der Waals surface area contributed by atoms with E-state index in [4.69, 9.17) is 0 Å². The van der Waals surface area contributed by atoms with Crippen LogP contribution in [0.3, 0.4) is 0 Å². The Bertz CT molecular complexity index is 416. The number of carbonyl (C=O) groups is 1. The second-order valence-electron chi connectivity index (χ2n) is 7.01. The van der Waals surface area contributed by atoms with Gasteiger partial charge in [-0.25, -0.2) is 0 Å². The lowest BCUT2D eigenvalue weighted by Gasteiger charge is -2.17. The van der Waals surface area contributed by atoms with Crippen molar-refractivity contribution < 1.29 is 9.53 Å². The fourth-order valence-electron chi connectivity index (χ4n) is 2.05. The highest BCUT2D eigenvalue weighted by molar-refractivity contribution is 5.75. The van der Waals surface area contributed by atoms with Crippen LogP contribution in [0.15, 0.2) is 24.3 Å². The molecule has 0 aliphatic rings. The molecule has 0 saturated heterocycles. The number of hydrogen-bond donors (Lipinski definition) is 0. The Hall–Kier alpha value is -1.31. The number of carbonyl (C=O) groups excluding carboxylic acids is 1. The maximum absolute atomic E-state index is 10.8. The molecule has 2 nitrogen and oxygen atoms in total. The lowest BCUT2D eigenvalue weighted by Crippen LogP contribution is -2.24. The van der Waals surface area contributed by atoms with Crippen LogP contribution >= 0.6 is 0 Å². The van der Waals surface area contributed by atoms with E-state index in [1.54, 1.807) is 0 Å². The topological polar surface area (TPSA) is 26.3 Å². The van der Waals surface area contributed by atoms with Gasteiger partial charge < -0.3 is 4.74 Å². The van der Waals surface area contributed by atoms with Crippen molar-refractivity contribution in [1.29, 1.82) is 0 Å². The first kappa shape index (κ1) is 21.7. The molecule has 2 unspecified atom stereocenters. The smallest absolute Gasteiger partial charge is 0.311 e. The largest absolute Gasteiger partial charge is 0.469 e. The molecule has 0 aromatic heterocycles. The van der Waals surface area contributed by atoms with Crippen molar-refractivity contribution in [1.82, 2.24) is 0 Å². The number of benzene rings is 1. The third-order valence-corrected chi connectivity index (χ3v) is 4.92. The van der Waals surface area contributed by atoms with Gasteiger partial charge >= 0.3 is 5.97 Å². The van der Waals surface area contributed by atoms with Crippen LogP contribution in [0.1, 0.15) is 90.7 Å². The average Bonchev–Trinajstić information content (AvgIpc) is 2.60. The second kappa shape index (κ2) is 10.5. The molecule has 2 atom stereocenters. The lowest BCUT2D eigenvalue weighted by molar-refractivity contribution is -0.150. The molecule has 0 bridgehead atoms. The highest BCUT2D eigenvalue weighted by Gasteiger charge is 2.25. The minimum absolute atomic E-state index is 0.134. The number of esters is 1. The first-order chi connectivity index (χ1) is 10.7. The Kier molecular flexibility index (Phi) is 9.87. The molecule has 0 spiro atoms. The maximum atomic E-state index is 10.8. The fraction of sp³-hybridized carbons (Fsp3) is 0.667. The van der Waals surface area contributed by atoms with Crippen molar-refractivity contribution in [3.8, 4) is 0 Å². The van der Waals surface area contributed by atoms with Crippen molar-refractivity contribution in [2.45, 2.75) is 79.6 Å². The van der Waals surface area contributed by atoms with E-state index in [2.05, 4.69) is 56.7 Å². The summed E-state index contributed by atoms with van der Waals surface area (Å²) in [6.45, 7) is 14.8. The van der Waals surface area contributed by atoms with Crippen LogP contribution in [0, 0.1) is 5.41 Å². The summed E-state index contributed by atoms with van der Waals surface area (Å²) in [7, 11) is 1.42. The highest BCUT2D eigenvalue weighted by Crippen LogP contribution is 2.23. The first-order valence-electron chi connectivity index (χ1n) is 8.91. The zero-order valence-corrected chi connectivity index (χ0v) is 16.4. The third-order valence-electron chi connectivity index (χ3n) is 4.92. The fourth-order valence-corrected chi connectivity index (χ4v) is 2.05. The summed E-state index contributed by atoms with van der Waals surface area (Å²) in [6.07, 6.45) is 3.27. The van der Waals surface area contributed by atoms with Crippen molar-refractivity contribution in [3.05, 3.63) is 35.4 Å². The van der Waals surface area contributed by atoms with Crippen LogP contribution in [-0.4, -0.2) is 13.1 Å². The standard InChI is InChI=1S/C14H22.C7H14O2/c1-5-11(3)13-7-9-14(10-8-13)12(4)6-2;1-5-7(2,3)6(8)9-4/h7-12H,5-6H2,1-4H3;5H2,1-4H3. The molecule has 0 aliphatic heterocycles. The summed E-state index contributed by atoms with van der Waals surface area (Å²) in [4.78, 5) is 10.8. The van der Waals surface area contributed by atoms with E-state index < -0.39 is 0 Å². The van der Waals surface area contributed by atoms with E-state index in [0.29, 0.717) is 11.8 Å². The molecule has 23 heavy (non-hydrogen) atoms. The average molecular weight is 321 g/mol. The van der Waals surface area contributed by atoms with Crippen LogP contribution in [0.4, 0.5) is 0 Å². The van der Waals surface area contributed by atoms with Gasteiger partial charge in [-0.1, -0.05) is 58.9 Å². The SMILES string of the molecule is CCC(C)(C)C(=O)OC.CCC(C)c1ccc(C(C)CC)cc1. The molecule has 0 heterocycles. The highest BCUT2D eigenvalue weighted by atomic mass is 16.5. The molecule has 0 amide bonds. The zero-order valence-electron chi connectivity index (χ0n) is 16.4. The van der Waals surface area contributed by atoms with Gasteiger partial charge in [0.2, 0.25) is 0 Å². The Morgan fingerprint density at radius 3 is 1.48 bits per heavy atom. The summed E-state index contributed by atoms with van der Waals surface area (Å²) in [6, 6.07) is 9.15. The molecule has 1 aromatic rings. The van der Waals surface area contributed by atoms with Crippen LogP contribution < -0.4 is 0 Å². The van der Waals surface area contributed by atoms with Gasteiger partial charge in [-0.2, -0.15) is 0 Å². The van der Waals surface area contributed by atoms with E-state index in [-0.39, 0.29) is 11.4 Å². The molecule has 1 aromatic carbocycles. The molecule has 2 heteroatoms. The number of ether oxygens (including phenoxy) is 1. The van der Waals surface area contributed by atoms with E-state index in [9.17, 15) is 4.79 Å². The minimum atomic E-state index is -0.311. The maximum Gasteiger partial charge on any atom is 0.311 e. The predicted octanol–water partition coefficient (Wildman–Crippen LogP) is 6.31. The summed E-state index contributed by atoms with van der Waals surface area (Å²) in [5.74, 6) is 1.26. The van der Waals surface area contributed by atoms with Gasteiger partial charge in [0, 0.05) is 0 Å². The third kappa shape index (κ3) is 7.20. The van der Waals surface area contributed by atoms with Gasteiger partial charge in [0.1, 0.15) is 0 Å². The van der Waals surface area contributed by atoms with Crippen LogP contribution in [0.5, 0.6) is 0 Å². The number of rotatable bonds is 6. The number of methoxy groups -OCH3 is 1. The molecule has 0 fully saturated rings. The Balaban J connectivity index is 0.000000468. The van der Waals surface area contributed by atoms with Crippen molar-refractivity contribution in [2.75, 3.05) is 7.11 Å². The monoisotopic (exact) mass is 320 g/mol. The summed E-state index contributed by atoms with van der Waals surface area (Å²) in [5, 5.41) is 0. The molecule has 1 rings (SSSR count). The molecule has 0 saturated carbocycles. The van der Waals surface area contributed by atoms with Crippen molar-refractivity contribution in [2.24, 2.45) is 5.41 Å². The van der Waals surface area contributed by atoms with Crippen LogP contribution in [0.2, 0.25) is 0 Å². The van der Waals surface area contributed by atoms with E-state index >= 15 is 0 Å². The van der Waals surface area contributed by atoms with E-state index in [1.807, 2.05) is 20.8 Å². The van der Waals surface area contributed by atoms with E-state index in [0.717, 1.165) is 6.42 Å². The second-order valence-corrected chi connectivity index (χ2v) is 7.01. The van der Waals surface area contributed by atoms with Crippen molar-refractivity contribution in [3.63, 3.8) is 0 Å². The molecule has 132 valence electrons. The normalized spacial score (nSPS) is 13.6. The molecule has 0 radical (unpaired) electrons. The zero-order chi connectivity index (χ0) is 18.0. The molecule has 0 aliphatic carbocycles. The van der Waals surface area contributed by atoms with Gasteiger partial charge in [-0.15, -0.1) is 0 Å². The Labute approximate surface area is 143 Å². The van der Waals surface area contributed by atoms with Gasteiger partial charge in [-0.05, 0) is 56.1 Å². The number of hydrogen-bond acceptors (Lipinski definition) is 2. The molecule has 0 N–H and O–H groups in total. The Morgan fingerprint density at radius 1 is 0.957 bits per heavy atom. The Morgan fingerprint density at radius 2 is 1.30 bits per heavy atom. The van der Waals surface area contributed by atoms with Gasteiger partial charge in [-0.3, -0.25) is 4.79 Å². The minimum Gasteiger partial charge on any atom is -0.469 e. The first-order valence-corrected chi connectivity index (χ1v) is 8.91. The van der Waals surface area contributed by atoms with Crippen LogP contribution in [-0.2, 0) is 9.53 Å². The quantitative estimate of drug-likeness (QED) is 0.574.